The van der Waals surface area contributed by atoms with Crippen LogP contribution >= 0.6 is 0 Å². The maximum Gasteiger partial charge on any atom is 0.270 e. The molecule has 28 heavy (non-hydrogen) atoms. The monoisotopic (exact) mass is 376 g/mol. The first kappa shape index (κ1) is 17.8. The number of benzene rings is 2. The summed E-state index contributed by atoms with van der Waals surface area (Å²) in [6, 6.07) is 15.2. The van der Waals surface area contributed by atoms with Crippen molar-refractivity contribution < 1.29 is 14.3 Å². The number of aromatic nitrogens is 2. The van der Waals surface area contributed by atoms with E-state index in [4.69, 9.17) is 9.47 Å². The molecule has 2 aromatic carbocycles. The van der Waals surface area contributed by atoms with Crippen LogP contribution in [0, 0.1) is 0 Å². The number of aryl methyl sites for hydroxylation is 1. The summed E-state index contributed by atoms with van der Waals surface area (Å²) < 4.78 is 10.6. The van der Waals surface area contributed by atoms with Crippen molar-refractivity contribution in [3.63, 3.8) is 0 Å². The summed E-state index contributed by atoms with van der Waals surface area (Å²) in [5.74, 6) is 1.51. The van der Waals surface area contributed by atoms with E-state index >= 15 is 0 Å². The Morgan fingerprint density at radius 3 is 2.64 bits per heavy atom. The fraction of sp³-hybridized carbons (Fsp3) is 0.190. The molecule has 1 aliphatic rings. The first-order chi connectivity index (χ1) is 13.7. The van der Waals surface area contributed by atoms with E-state index in [-0.39, 0.29) is 12.7 Å². The van der Waals surface area contributed by atoms with Crippen molar-refractivity contribution in [2.45, 2.75) is 19.9 Å². The minimum Gasteiger partial charge on any atom is -0.454 e. The van der Waals surface area contributed by atoms with Crippen molar-refractivity contribution in [2.24, 2.45) is 0 Å². The largest absolute Gasteiger partial charge is 0.454 e. The van der Waals surface area contributed by atoms with Gasteiger partial charge < -0.3 is 20.1 Å². The van der Waals surface area contributed by atoms with Gasteiger partial charge in [0.1, 0.15) is 5.69 Å². The summed E-state index contributed by atoms with van der Waals surface area (Å²) in [6.45, 7) is 2.70. The molecule has 0 radical (unpaired) electrons. The van der Waals surface area contributed by atoms with Crippen molar-refractivity contribution in [1.29, 1.82) is 0 Å². The highest BCUT2D eigenvalue weighted by molar-refractivity contribution is 5.92. The van der Waals surface area contributed by atoms with Crippen molar-refractivity contribution >= 4 is 17.5 Å². The van der Waals surface area contributed by atoms with Gasteiger partial charge in [-0.2, -0.15) is 0 Å². The number of hydrogen-bond donors (Lipinski definition) is 2. The van der Waals surface area contributed by atoms with Gasteiger partial charge in [0.15, 0.2) is 11.5 Å². The van der Waals surface area contributed by atoms with Gasteiger partial charge in [0, 0.05) is 18.4 Å². The Hall–Kier alpha value is -3.61. The molecule has 1 aliphatic heterocycles. The number of amides is 1. The highest BCUT2D eigenvalue weighted by atomic mass is 16.7. The van der Waals surface area contributed by atoms with Gasteiger partial charge in [0.2, 0.25) is 12.7 Å². The topological polar surface area (TPSA) is 85.4 Å². The van der Waals surface area contributed by atoms with Gasteiger partial charge in [0.05, 0.1) is 0 Å². The number of carbonyl (C=O) groups excluding carboxylic acids is 1. The SMILES string of the molecule is CCc1ccc(Nc2nccc(C(=O)NCc3ccc4c(c3)OCO4)n2)cc1. The van der Waals surface area contributed by atoms with E-state index in [0.29, 0.717) is 29.7 Å². The van der Waals surface area contributed by atoms with E-state index in [1.54, 1.807) is 12.3 Å². The number of fused-ring (bicyclic) bond motifs is 1. The van der Waals surface area contributed by atoms with Gasteiger partial charge in [-0.05, 0) is 47.9 Å². The quantitative estimate of drug-likeness (QED) is 0.685. The van der Waals surface area contributed by atoms with E-state index in [0.717, 1.165) is 17.7 Å². The average molecular weight is 376 g/mol. The second-order valence-electron chi connectivity index (χ2n) is 6.31. The third-order valence-electron chi connectivity index (χ3n) is 4.40. The summed E-state index contributed by atoms with van der Waals surface area (Å²) >= 11 is 0. The van der Waals surface area contributed by atoms with Crippen LogP contribution in [0.3, 0.4) is 0 Å². The fourth-order valence-electron chi connectivity index (χ4n) is 2.82. The zero-order valence-electron chi connectivity index (χ0n) is 15.4. The van der Waals surface area contributed by atoms with Gasteiger partial charge >= 0.3 is 0 Å². The van der Waals surface area contributed by atoms with Crippen LogP contribution in [-0.4, -0.2) is 22.7 Å². The Bertz CT molecular complexity index is 989. The van der Waals surface area contributed by atoms with Crippen LogP contribution in [0.1, 0.15) is 28.5 Å². The summed E-state index contributed by atoms with van der Waals surface area (Å²) in [5.41, 5.74) is 3.34. The normalized spacial score (nSPS) is 11.9. The lowest BCUT2D eigenvalue weighted by Gasteiger charge is -2.08. The summed E-state index contributed by atoms with van der Waals surface area (Å²) in [7, 11) is 0. The Kier molecular flexibility index (Phi) is 5.05. The molecule has 2 N–H and O–H groups in total. The Morgan fingerprint density at radius 2 is 1.82 bits per heavy atom. The lowest BCUT2D eigenvalue weighted by Crippen LogP contribution is -2.24. The number of nitrogens with zero attached hydrogens (tertiary/aromatic N) is 2. The summed E-state index contributed by atoms with van der Waals surface area (Å²) in [4.78, 5) is 20.9. The molecule has 0 atom stereocenters. The molecule has 0 aliphatic carbocycles. The molecular weight excluding hydrogens is 356 g/mol. The van der Waals surface area contributed by atoms with Crippen LogP contribution in [0.2, 0.25) is 0 Å². The number of rotatable bonds is 6. The van der Waals surface area contributed by atoms with E-state index in [2.05, 4.69) is 27.5 Å². The summed E-state index contributed by atoms with van der Waals surface area (Å²) in [6.07, 6.45) is 2.54. The number of ether oxygens (including phenoxy) is 2. The van der Waals surface area contributed by atoms with Crippen LogP contribution in [0.25, 0.3) is 0 Å². The highest BCUT2D eigenvalue weighted by Crippen LogP contribution is 2.32. The predicted molar refractivity (Wildman–Crippen MR) is 105 cm³/mol. The lowest BCUT2D eigenvalue weighted by molar-refractivity contribution is 0.0946. The van der Waals surface area contributed by atoms with Crippen molar-refractivity contribution in [3.8, 4) is 11.5 Å². The molecule has 0 saturated heterocycles. The molecule has 1 amide bonds. The fourth-order valence-corrected chi connectivity index (χ4v) is 2.82. The van der Waals surface area contributed by atoms with Gasteiger partial charge in [-0.3, -0.25) is 4.79 Å². The van der Waals surface area contributed by atoms with Crippen LogP contribution in [0.4, 0.5) is 11.6 Å². The van der Waals surface area contributed by atoms with Crippen molar-refractivity contribution in [3.05, 3.63) is 71.5 Å². The molecule has 0 bridgehead atoms. The Labute approximate surface area is 162 Å². The van der Waals surface area contributed by atoms with Crippen LogP contribution in [0.5, 0.6) is 11.5 Å². The molecule has 0 spiro atoms. The average Bonchev–Trinajstić information content (AvgIpc) is 3.20. The van der Waals surface area contributed by atoms with E-state index in [1.165, 1.54) is 5.56 Å². The molecule has 0 saturated carbocycles. The third-order valence-corrected chi connectivity index (χ3v) is 4.40. The molecule has 0 unspecified atom stereocenters. The third kappa shape index (κ3) is 4.03. The first-order valence-electron chi connectivity index (χ1n) is 9.07. The minimum absolute atomic E-state index is 0.225. The second kappa shape index (κ2) is 7.96. The number of nitrogens with one attached hydrogen (secondary N) is 2. The zero-order valence-corrected chi connectivity index (χ0v) is 15.4. The molecular formula is C21H20N4O3. The van der Waals surface area contributed by atoms with Gasteiger partial charge in [0.25, 0.3) is 5.91 Å². The molecule has 7 heteroatoms. The molecule has 0 fully saturated rings. The van der Waals surface area contributed by atoms with Gasteiger partial charge in [-0.1, -0.05) is 25.1 Å². The second-order valence-corrected chi connectivity index (χ2v) is 6.31. The van der Waals surface area contributed by atoms with Crippen LogP contribution in [0.15, 0.2) is 54.7 Å². The summed E-state index contributed by atoms with van der Waals surface area (Å²) in [5, 5.41) is 5.98. The smallest absolute Gasteiger partial charge is 0.270 e. The number of anilines is 2. The van der Waals surface area contributed by atoms with E-state index in [1.807, 2.05) is 42.5 Å². The Morgan fingerprint density at radius 1 is 1.04 bits per heavy atom. The molecule has 3 aromatic rings. The van der Waals surface area contributed by atoms with Gasteiger partial charge in [-0.15, -0.1) is 0 Å². The first-order valence-corrected chi connectivity index (χ1v) is 9.07. The van der Waals surface area contributed by atoms with Crippen molar-refractivity contribution in [1.82, 2.24) is 15.3 Å². The molecule has 142 valence electrons. The standard InChI is InChI=1S/C21H20N4O3/c1-2-14-3-6-16(7-4-14)24-21-22-10-9-17(25-21)20(26)23-12-15-5-8-18-19(11-15)28-13-27-18/h3-11H,2,12-13H2,1H3,(H,23,26)(H,22,24,25). The van der Waals surface area contributed by atoms with Crippen LogP contribution in [-0.2, 0) is 13.0 Å². The molecule has 2 heterocycles. The van der Waals surface area contributed by atoms with Crippen LogP contribution < -0.4 is 20.1 Å². The lowest BCUT2D eigenvalue weighted by atomic mass is 10.1. The van der Waals surface area contributed by atoms with Crippen molar-refractivity contribution in [2.75, 3.05) is 12.1 Å². The Balaban J connectivity index is 1.39. The molecule has 7 nitrogen and oxygen atoms in total. The molecule has 1 aromatic heterocycles. The molecule has 4 rings (SSSR count). The highest BCUT2D eigenvalue weighted by Gasteiger charge is 2.14. The predicted octanol–water partition coefficient (Wildman–Crippen LogP) is 3.44. The maximum absolute atomic E-state index is 12.5. The van der Waals surface area contributed by atoms with E-state index < -0.39 is 0 Å². The maximum atomic E-state index is 12.5. The minimum atomic E-state index is -0.274. The van der Waals surface area contributed by atoms with Gasteiger partial charge in [-0.25, -0.2) is 9.97 Å². The zero-order chi connectivity index (χ0) is 19.3. The number of carbonyl (C=O) groups is 1. The van der Waals surface area contributed by atoms with E-state index in [9.17, 15) is 4.79 Å². The number of hydrogen-bond acceptors (Lipinski definition) is 6.